The number of nitrogens with zero attached hydrogens (tertiary/aromatic N) is 1. The van der Waals surface area contributed by atoms with Gasteiger partial charge in [-0.25, -0.2) is 4.79 Å². The number of hydrogen-bond donors (Lipinski definition) is 3. The van der Waals surface area contributed by atoms with Gasteiger partial charge in [0.1, 0.15) is 0 Å². The van der Waals surface area contributed by atoms with E-state index in [9.17, 15) is 9.90 Å². The minimum atomic E-state index is -0.910. The van der Waals surface area contributed by atoms with Crippen LogP contribution in [0.3, 0.4) is 0 Å². The zero-order valence-electron chi connectivity index (χ0n) is 10.4. The van der Waals surface area contributed by atoms with Crippen molar-refractivity contribution >= 4 is 28.0 Å². The lowest BCUT2D eigenvalue weighted by molar-refractivity contribution is -0.136. The van der Waals surface area contributed by atoms with Crippen LogP contribution in [0.15, 0.2) is 22.5 Å². The third kappa shape index (κ3) is 4.46. The highest BCUT2D eigenvalue weighted by molar-refractivity contribution is 7.14. The van der Waals surface area contributed by atoms with E-state index in [0.29, 0.717) is 25.2 Å². The summed E-state index contributed by atoms with van der Waals surface area (Å²) in [5.74, 6) is -0.910. The summed E-state index contributed by atoms with van der Waals surface area (Å²) in [6.45, 7) is 3.01. The lowest BCUT2D eigenvalue weighted by atomic mass is 10.1. The van der Waals surface area contributed by atoms with Gasteiger partial charge in [-0.3, -0.25) is 4.99 Å². The molecule has 0 aliphatic carbocycles. The zero-order chi connectivity index (χ0) is 13.4. The van der Waals surface area contributed by atoms with Crippen molar-refractivity contribution in [2.24, 2.45) is 10.7 Å². The second-order valence-corrected chi connectivity index (χ2v) is 4.70. The number of hydrogen-bond acceptors (Lipinski definition) is 5. The van der Waals surface area contributed by atoms with E-state index in [4.69, 9.17) is 5.73 Å². The molecule has 1 aromatic rings. The highest BCUT2D eigenvalue weighted by Gasteiger charge is 2.23. The number of nitrogens with two attached hydrogens (primary N) is 1. The molecular weight excluding hydrogens is 250 g/mol. The van der Waals surface area contributed by atoms with Crippen molar-refractivity contribution in [2.45, 2.75) is 25.8 Å². The molecule has 0 spiro atoms. The Hall–Kier alpha value is -1.40. The predicted octanol–water partition coefficient (Wildman–Crippen LogP) is 1.81. The van der Waals surface area contributed by atoms with Crippen LogP contribution in [0, 0.1) is 0 Å². The van der Waals surface area contributed by atoms with Gasteiger partial charge < -0.3 is 16.2 Å². The molecule has 0 saturated carbocycles. The fourth-order valence-corrected chi connectivity index (χ4v) is 2.24. The lowest BCUT2D eigenvalue weighted by Crippen LogP contribution is -2.37. The Morgan fingerprint density at radius 2 is 2.44 bits per heavy atom. The lowest BCUT2D eigenvalue weighted by Gasteiger charge is -2.17. The Morgan fingerprint density at radius 3 is 2.94 bits per heavy atom. The molecule has 0 aromatic carbocycles. The van der Waals surface area contributed by atoms with Crippen LogP contribution in [-0.4, -0.2) is 35.9 Å². The van der Waals surface area contributed by atoms with E-state index in [0.717, 1.165) is 11.4 Å². The summed E-state index contributed by atoms with van der Waals surface area (Å²) < 4.78 is 0. The molecule has 0 saturated heterocycles. The molecule has 1 heterocycles. The third-order valence-corrected chi connectivity index (χ3v) is 3.19. The fourth-order valence-electron chi connectivity index (χ4n) is 1.59. The Labute approximate surface area is 111 Å². The Balaban J connectivity index is 2.80. The first-order chi connectivity index (χ1) is 8.69. The van der Waals surface area contributed by atoms with Crippen LogP contribution in [0.5, 0.6) is 0 Å². The van der Waals surface area contributed by atoms with Gasteiger partial charge >= 0.3 is 5.97 Å². The van der Waals surface area contributed by atoms with Gasteiger partial charge in [-0.15, -0.1) is 11.3 Å². The topological polar surface area (TPSA) is 87.7 Å². The summed E-state index contributed by atoms with van der Waals surface area (Å²) in [6.07, 6.45) is 1.36. The van der Waals surface area contributed by atoms with E-state index in [1.54, 1.807) is 0 Å². The van der Waals surface area contributed by atoms with Crippen LogP contribution in [0.1, 0.15) is 19.8 Å². The number of carboxylic acids is 1. The van der Waals surface area contributed by atoms with Crippen molar-refractivity contribution in [1.29, 1.82) is 0 Å². The Morgan fingerprint density at radius 1 is 1.67 bits per heavy atom. The quantitative estimate of drug-likeness (QED) is 0.628. The molecule has 0 amide bonds. The third-order valence-electron chi connectivity index (χ3n) is 2.39. The van der Waals surface area contributed by atoms with Gasteiger partial charge in [0, 0.05) is 12.3 Å². The van der Waals surface area contributed by atoms with Gasteiger partial charge in [-0.05, 0) is 43.8 Å². The van der Waals surface area contributed by atoms with Gasteiger partial charge in [0.05, 0.1) is 5.00 Å². The number of aliphatic imine (C=N–C) groups is 1. The largest absolute Gasteiger partial charge is 0.479 e. The van der Waals surface area contributed by atoms with Gasteiger partial charge in [0.2, 0.25) is 0 Å². The summed E-state index contributed by atoms with van der Waals surface area (Å²) in [4.78, 5) is 15.6. The predicted molar refractivity (Wildman–Crippen MR) is 75.6 cm³/mol. The molecule has 0 fully saturated rings. The molecule has 0 aliphatic heterocycles. The summed E-state index contributed by atoms with van der Waals surface area (Å²) in [7, 11) is 0. The van der Waals surface area contributed by atoms with Crippen LogP contribution in [-0.2, 0) is 4.79 Å². The molecule has 5 nitrogen and oxygen atoms in total. The minimum Gasteiger partial charge on any atom is -0.479 e. The molecular formula is C12H19N3O2S. The van der Waals surface area contributed by atoms with Crippen LogP contribution < -0.4 is 11.1 Å². The number of nitrogens with one attached hydrogen (secondary N) is 1. The van der Waals surface area contributed by atoms with Crippen LogP contribution in [0.2, 0.25) is 0 Å². The highest BCUT2D eigenvalue weighted by atomic mass is 32.1. The molecule has 100 valence electrons. The SMILES string of the molecule is CC/N=C(\CCCN)[C@H](Nc1cccs1)C(=O)O. The normalized spacial score (nSPS) is 13.3. The van der Waals surface area contributed by atoms with Crippen LogP contribution >= 0.6 is 11.3 Å². The average Bonchev–Trinajstić information content (AvgIpc) is 2.84. The number of carbonyl (C=O) groups is 1. The molecule has 18 heavy (non-hydrogen) atoms. The molecule has 1 rings (SSSR count). The maximum atomic E-state index is 11.3. The maximum absolute atomic E-state index is 11.3. The van der Waals surface area contributed by atoms with Crippen molar-refractivity contribution in [3.63, 3.8) is 0 Å². The van der Waals surface area contributed by atoms with Gasteiger partial charge in [0.25, 0.3) is 0 Å². The van der Waals surface area contributed by atoms with E-state index in [-0.39, 0.29) is 0 Å². The first-order valence-corrected chi connectivity index (χ1v) is 6.83. The Bertz CT molecular complexity index is 390. The van der Waals surface area contributed by atoms with Crippen LogP contribution in [0.4, 0.5) is 5.00 Å². The first-order valence-electron chi connectivity index (χ1n) is 5.95. The van der Waals surface area contributed by atoms with Crippen molar-refractivity contribution in [2.75, 3.05) is 18.4 Å². The number of thiophene rings is 1. The van der Waals surface area contributed by atoms with Crippen molar-refractivity contribution in [3.05, 3.63) is 17.5 Å². The molecule has 1 atom stereocenters. The standard InChI is InChI=1S/C12H19N3O2S/c1-2-14-9(5-3-7-13)11(12(16)17)15-10-6-4-8-18-10/h4,6,8,11,15H,2-3,5,7,13H2,1H3,(H,16,17)/b14-9+/t11-/m0/s1. The number of aliphatic carboxylic acids is 1. The average molecular weight is 269 g/mol. The molecule has 0 bridgehead atoms. The number of carboxylic acid groups (broad SMARTS) is 1. The first kappa shape index (κ1) is 14.7. The van der Waals surface area contributed by atoms with E-state index in [1.165, 1.54) is 11.3 Å². The van der Waals surface area contributed by atoms with Gasteiger partial charge in [0.15, 0.2) is 6.04 Å². The van der Waals surface area contributed by atoms with E-state index in [1.807, 2.05) is 24.4 Å². The highest BCUT2D eigenvalue weighted by Crippen LogP contribution is 2.17. The second-order valence-electron chi connectivity index (χ2n) is 3.75. The fraction of sp³-hybridized carbons (Fsp3) is 0.500. The zero-order valence-corrected chi connectivity index (χ0v) is 11.2. The Kier molecular flexibility index (Phi) is 6.38. The van der Waals surface area contributed by atoms with Gasteiger partial charge in [-0.1, -0.05) is 0 Å². The molecule has 6 heteroatoms. The number of anilines is 1. The molecule has 0 aliphatic rings. The summed E-state index contributed by atoms with van der Waals surface area (Å²) in [5, 5.41) is 15.0. The van der Waals surface area contributed by atoms with Crippen molar-refractivity contribution in [3.8, 4) is 0 Å². The van der Waals surface area contributed by atoms with E-state index < -0.39 is 12.0 Å². The maximum Gasteiger partial charge on any atom is 0.332 e. The monoisotopic (exact) mass is 269 g/mol. The minimum absolute atomic E-state index is 0.536. The van der Waals surface area contributed by atoms with Gasteiger partial charge in [-0.2, -0.15) is 0 Å². The smallest absolute Gasteiger partial charge is 0.332 e. The summed E-state index contributed by atoms with van der Waals surface area (Å²) in [6, 6.07) is 2.96. The van der Waals surface area contributed by atoms with E-state index >= 15 is 0 Å². The summed E-state index contributed by atoms with van der Waals surface area (Å²) >= 11 is 1.47. The van der Waals surface area contributed by atoms with Crippen molar-refractivity contribution < 1.29 is 9.90 Å². The second kappa shape index (κ2) is 7.84. The number of rotatable bonds is 8. The molecule has 1 aromatic heterocycles. The molecule has 0 unspecified atom stereocenters. The summed E-state index contributed by atoms with van der Waals surface area (Å²) in [5.41, 5.74) is 6.12. The van der Waals surface area contributed by atoms with Crippen molar-refractivity contribution in [1.82, 2.24) is 0 Å². The van der Waals surface area contributed by atoms with Crippen LogP contribution in [0.25, 0.3) is 0 Å². The molecule has 4 N–H and O–H groups in total. The molecule has 0 radical (unpaired) electrons. The van der Waals surface area contributed by atoms with E-state index in [2.05, 4.69) is 10.3 Å².